The number of hydrogen-bond acceptors (Lipinski definition) is 2. The zero-order chi connectivity index (χ0) is 14.6. The fraction of sp³-hybridized carbons (Fsp3) is 0.385. The second-order valence-electron chi connectivity index (χ2n) is 4.18. The van der Waals surface area contributed by atoms with Gasteiger partial charge in [-0.05, 0) is 35.0 Å². The maximum Gasteiger partial charge on any atom is 0.308 e. The number of halogens is 2. The van der Waals surface area contributed by atoms with Crippen molar-refractivity contribution in [1.29, 1.82) is 0 Å². The van der Waals surface area contributed by atoms with E-state index in [0.29, 0.717) is 6.54 Å². The summed E-state index contributed by atoms with van der Waals surface area (Å²) >= 11 is 3.03. The van der Waals surface area contributed by atoms with Gasteiger partial charge in [0.2, 0.25) is 0 Å². The molecule has 4 nitrogen and oxygen atoms in total. The molecule has 19 heavy (non-hydrogen) atoms. The topological polar surface area (TPSA) is 57.6 Å². The molecule has 0 bridgehead atoms. The van der Waals surface area contributed by atoms with Gasteiger partial charge in [0.1, 0.15) is 5.82 Å². The van der Waals surface area contributed by atoms with Crippen molar-refractivity contribution in [3.63, 3.8) is 0 Å². The molecule has 0 aromatic heterocycles. The molecule has 0 saturated heterocycles. The molecule has 0 spiro atoms. The van der Waals surface area contributed by atoms with E-state index in [0.717, 1.165) is 0 Å². The van der Waals surface area contributed by atoms with Gasteiger partial charge in [-0.15, -0.1) is 0 Å². The third-order valence-corrected chi connectivity index (χ3v) is 3.57. The normalized spacial score (nSPS) is 12.0. The smallest absolute Gasteiger partial charge is 0.308 e. The van der Waals surface area contributed by atoms with Crippen LogP contribution in [-0.4, -0.2) is 35.0 Å². The second kappa shape index (κ2) is 6.65. The number of rotatable bonds is 5. The third kappa shape index (κ3) is 3.76. The number of carboxylic acid groups (broad SMARTS) is 1. The van der Waals surface area contributed by atoms with Gasteiger partial charge >= 0.3 is 5.97 Å². The monoisotopic (exact) mass is 331 g/mol. The van der Waals surface area contributed by atoms with Crippen molar-refractivity contribution in [3.8, 4) is 0 Å². The molecule has 1 rings (SSSR count). The summed E-state index contributed by atoms with van der Waals surface area (Å²) in [5.74, 6) is -2.55. The fourth-order valence-corrected chi connectivity index (χ4v) is 2.04. The molecule has 1 N–H and O–H groups in total. The molecule has 0 heterocycles. The number of carbonyl (C=O) groups excluding carboxylic acids is 1. The van der Waals surface area contributed by atoms with Crippen LogP contribution in [-0.2, 0) is 4.79 Å². The highest BCUT2D eigenvalue weighted by Crippen LogP contribution is 2.22. The minimum Gasteiger partial charge on any atom is -0.481 e. The van der Waals surface area contributed by atoms with Gasteiger partial charge in [-0.3, -0.25) is 9.59 Å². The van der Waals surface area contributed by atoms with Crippen LogP contribution in [0.15, 0.2) is 22.7 Å². The van der Waals surface area contributed by atoms with Crippen LogP contribution in [0.4, 0.5) is 4.39 Å². The van der Waals surface area contributed by atoms with Crippen molar-refractivity contribution in [2.24, 2.45) is 5.92 Å². The Kier molecular flexibility index (Phi) is 5.47. The SMILES string of the molecule is CCN(CC(C)C(=O)O)C(=O)c1cccc(F)c1Br. The van der Waals surface area contributed by atoms with Crippen molar-refractivity contribution in [3.05, 3.63) is 34.1 Å². The van der Waals surface area contributed by atoms with E-state index in [1.165, 1.54) is 30.0 Å². The molecule has 0 aliphatic heterocycles. The van der Waals surface area contributed by atoms with Gasteiger partial charge in [0.25, 0.3) is 5.91 Å². The van der Waals surface area contributed by atoms with Crippen LogP contribution in [0.2, 0.25) is 0 Å². The molecule has 1 amide bonds. The highest BCUT2D eigenvalue weighted by molar-refractivity contribution is 9.10. The number of aliphatic carboxylic acids is 1. The summed E-state index contributed by atoms with van der Waals surface area (Å²) in [5, 5.41) is 8.87. The average molecular weight is 332 g/mol. The van der Waals surface area contributed by atoms with Gasteiger partial charge in [0, 0.05) is 13.1 Å². The zero-order valence-electron chi connectivity index (χ0n) is 10.7. The molecule has 0 radical (unpaired) electrons. The fourth-order valence-electron chi connectivity index (χ4n) is 1.60. The van der Waals surface area contributed by atoms with Gasteiger partial charge in [-0.2, -0.15) is 0 Å². The van der Waals surface area contributed by atoms with Crippen molar-refractivity contribution in [1.82, 2.24) is 4.90 Å². The number of nitrogens with zero attached hydrogens (tertiary/aromatic N) is 1. The van der Waals surface area contributed by atoms with Crippen molar-refractivity contribution >= 4 is 27.8 Å². The number of benzene rings is 1. The average Bonchev–Trinajstić information content (AvgIpc) is 2.38. The van der Waals surface area contributed by atoms with Gasteiger partial charge in [-0.25, -0.2) is 4.39 Å². The zero-order valence-corrected chi connectivity index (χ0v) is 12.3. The first-order valence-electron chi connectivity index (χ1n) is 5.84. The molecular weight excluding hydrogens is 317 g/mol. The second-order valence-corrected chi connectivity index (χ2v) is 4.98. The van der Waals surface area contributed by atoms with Gasteiger partial charge < -0.3 is 10.0 Å². The summed E-state index contributed by atoms with van der Waals surface area (Å²) in [6.45, 7) is 3.73. The molecular formula is C13H15BrFNO3. The molecule has 0 saturated carbocycles. The van der Waals surface area contributed by atoms with E-state index in [9.17, 15) is 14.0 Å². The van der Waals surface area contributed by atoms with Gasteiger partial charge in [0.15, 0.2) is 0 Å². The molecule has 0 aliphatic rings. The first-order chi connectivity index (χ1) is 8.88. The van der Waals surface area contributed by atoms with Crippen LogP contribution in [0.25, 0.3) is 0 Å². The molecule has 1 aromatic carbocycles. The summed E-state index contributed by atoms with van der Waals surface area (Å²) in [6, 6.07) is 4.20. The van der Waals surface area contributed by atoms with E-state index in [2.05, 4.69) is 15.9 Å². The Labute approximate surface area is 119 Å². The van der Waals surface area contributed by atoms with E-state index in [4.69, 9.17) is 5.11 Å². The number of amides is 1. The maximum atomic E-state index is 13.4. The number of carbonyl (C=O) groups is 2. The minimum absolute atomic E-state index is 0.0909. The van der Waals surface area contributed by atoms with E-state index >= 15 is 0 Å². The Balaban J connectivity index is 2.96. The maximum absolute atomic E-state index is 13.4. The first-order valence-corrected chi connectivity index (χ1v) is 6.63. The van der Waals surface area contributed by atoms with Crippen LogP contribution >= 0.6 is 15.9 Å². The van der Waals surface area contributed by atoms with Crippen LogP contribution in [0.1, 0.15) is 24.2 Å². The lowest BCUT2D eigenvalue weighted by Gasteiger charge is -2.23. The van der Waals surface area contributed by atoms with Crippen molar-refractivity contribution < 1.29 is 19.1 Å². The quantitative estimate of drug-likeness (QED) is 0.902. The Morgan fingerprint density at radius 1 is 1.47 bits per heavy atom. The first kappa shape index (κ1) is 15.6. The van der Waals surface area contributed by atoms with E-state index in [-0.39, 0.29) is 22.5 Å². The Morgan fingerprint density at radius 3 is 2.63 bits per heavy atom. The van der Waals surface area contributed by atoms with Crippen LogP contribution in [0, 0.1) is 11.7 Å². The summed E-state index contributed by atoms with van der Waals surface area (Å²) < 4.78 is 13.5. The Morgan fingerprint density at radius 2 is 2.11 bits per heavy atom. The predicted octanol–water partition coefficient (Wildman–Crippen LogP) is 2.77. The summed E-state index contributed by atoms with van der Waals surface area (Å²) in [6.07, 6.45) is 0. The molecule has 104 valence electrons. The molecule has 6 heteroatoms. The van der Waals surface area contributed by atoms with Crippen LogP contribution < -0.4 is 0 Å². The van der Waals surface area contributed by atoms with Crippen LogP contribution in [0.5, 0.6) is 0 Å². The minimum atomic E-state index is -0.968. The van der Waals surface area contributed by atoms with Gasteiger partial charge in [0.05, 0.1) is 16.0 Å². The van der Waals surface area contributed by atoms with E-state index < -0.39 is 17.7 Å². The lowest BCUT2D eigenvalue weighted by Crippen LogP contribution is -2.37. The molecule has 1 atom stereocenters. The predicted molar refractivity (Wildman–Crippen MR) is 72.5 cm³/mol. The Bertz CT molecular complexity index is 493. The molecule has 0 fully saturated rings. The van der Waals surface area contributed by atoms with E-state index in [1.54, 1.807) is 6.92 Å². The van der Waals surface area contributed by atoms with Crippen LogP contribution in [0.3, 0.4) is 0 Å². The van der Waals surface area contributed by atoms with Gasteiger partial charge in [-0.1, -0.05) is 13.0 Å². The number of carboxylic acids is 1. The lowest BCUT2D eigenvalue weighted by atomic mass is 10.1. The van der Waals surface area contributed by atoms with Crippen molar-refractivity contribution in [2.75, 3.05) is 13.1 Å². The lowest BCUT2D eigenvalue weighted by molar-refractivity contribution is -0.141. The van der Waals surface area contributed by atoms with E-state index in [1.807, 2.05) is 0 Å². The molecule has 1 aromatic rings. The summed E-state index contributed by atoms with van der Waals surface area (Å²) in [4.78, 5) is 24.5. The van der Waals surface area contributed by atoms with Crippen molar-refractivity contribution in [2.45, 2.75) is 13.8 Å². The Hall–Kier alpha value is -1.43. The largest absolute Gasteiger partial charge is 0.481 e. The number of hydrogen-bond donors (Lipinski definition) is 1. The standard InChI is InChI=1S/C13H15BrFNO3/c1-3-16(7-8(2)13(18)19)12(17)9-5-4-6-10(15)11(9)14/h4-6,8H,3,7H2,1-2H3,(H,18,19). The molecule has 0 aliphatic carbocycles. The highest BCUT2D eigenvalue weighted by Gasteiger charge is 2.22. The summed E-state index contributed by atoms with van der Waals surface area (Å²) in [5.41, 5.74) is 0.194. The summed E-state index contributed by atoms with van der Waals surface area (Å²) in [7, 11) is 0. The highest BCUT2D eigenvalue weighted by atomic mass is 79.9. The molecule has 1 unspecified atom stereocenters. The third-order valence-electron chi connectivity index (χ3n) is 2.77.